The quantitative estimate of drug-likeness (QED) is 0.880. The first-order valence-electron chi connectivity index (χ1n) is 10.0. The summed E-state index contributed by atoms with van der Waals surface area (Å²) in [5, 5.41) is 9.24. The maximum Gasteiger partial charge on any atom is 0.307 e. The minimum absolute atomic E-state index is 0.0322. The highest BCUT2D eigenvalue weighted by molar-refractivity contribution is 5.70. The molecule has 0 radical (unpaired) electrons. The van der Waals surface area contributed by atoms with Crippen molar-refractivity contribution in [3.63, 3.8) is 0 Å². The van der Waals surface area contributed by atoms with Gasteiger partial charge < -0.3 is 9.84 Å². The van der Waals surface area contributed by atoms with Gasteiger partial charge in [0.25, 0.3) is 0 Å². The van der Waals surface area contributed by atoms with Crippen molar-refractivity contribution < 1.29 is 19.0 Å². The van der Waals surface area contributed by atoms with Crippen molar-refractivity contribution >= 4 is 5.97 Å². The number of benzene rings is 2. The summed E-state index contributed by atoms with van der Waals surface area (Å²) in [5.41, 5.74) is 4.69. The Kier molecular flexibility index (Phi) is 4.44. The first kappa shape index (κ1) is 17.8. The summed E-state index contributed by atoms with van der Waals surface area (Å²) in [6.07, 6.45) is 2.28. The number of nitrogens with zero attached hydrogens (tertiary/aromatic N) is 1. The third kappa shape index (κ3) is 3.12. The van der Waals surface area contributed by atoms with E-state index in [2.05, 4.69) is 29.2 Å². The SMILES string of the molecule is O=C(O)C1CCN(C[C@H]2C[C@@H]3c4ccccc4Cc4ccc(F)cc4[C@@H]3O2)C1. The van der Waals surface area contributed by atoms with Crippen LogP contribution in [0.2, 0.25) is 0 Å². The van der Waals surface area contributed by atoms with Gasteiger partial charge in [0.05, 0.1) is 18.1 Å². The van der Waals surface area contributed by atoms with Gasteiger partial charge in [-0.25, -0.2) is 4.39 Å². The number of ether oxygens (including phenoxy) is 1. The molecule has 2 aromatic rings. The Morgan fingerprint density at radius 2 is 2.00 bits per heavy atom. The van der Waals surface area contributed by atoms with Gasteiger partial charge in [-0.1, -0.05) is 30.3 Å². The van der Waals surface area contributed by atoms with Gasteiger partial charge in [-0.15, -0.1) is 0 Å². The number of carboxylic acids is 1. The second-order valence-electron chi connectivity index (χ2n) is 8.32. The average Bonchev–Trinajstić information content (AvgIpc) is 3.29. The summed E-state index contributed by atoms with van der Waals surface area (Å²) in [4.78, 5) is 13.4. The minimum atomic E-state index is -0.710. The lowest BCUT2D eigenvalue weighted by molar-refractivity contribution is -0.141. The molecule has 0 bridgehead atoms. The molecule has 0 amide bonds. The van der Waals surface area contributed by atoms with Crippen molar-refractivity contribution in [1.29, 1.82) is 0 Å². The number of carbonyl (C=O) groups is 1. The smallest absolute Gasteiger partial charge is 0.307 e. The average molecular weight is 381 g/mol. The van der Waals surface area contributed by atoms with E-state index in [0.29, 0.717) is 13.0 Å². The minimum Gasteiger partial charge on any atom is -0.481 e. The Hall–Kier alpha value is -2.24. The molecule has 28 heavy (non-hydrogen) atoms. The summed E-state index contributed by atoms with van der Waals surface area (Å²) in [7, 11) is 0. The number of likely N-dealkylation sites (tertiary alicyclic amines) is 1. The molecule has 2 heterocycles. The maximum atomic E-state index is 14.0. The van der Waals surface area contributed by atoms with Crippen LogP contribution in [0.25, 0.3) is 0 Å². The van der Waals surface area contributed by atoms with Gasteiger partial charge in [-0.3, -0.25) is 9.69 Å². The van der Waals surface area contributed by atoms with Crippen molar-refractivity contribution in [2.45, 2.75) is 37.4 Å². The van der Waals surface area contributed by atoms with E-state index in [1.54, 1.807) is 6.07 Å². The molecule has 3 aliphatic rings. The van der Waals surface area contributed by atoms with Crippen molar-refractivity contribution in [2.75, 3.05) is 19.6 Å². The Morgan fingerprint density at radius 1 is 1.18 bits per heavy atom. The van der Waals surface area contributed by atoms with Crippen LogP contribution in [0.1, 0.15) is 47.1 Å². The van der Waals surface area contributed by atoms with Crippen LogP contribution in [-0.2, 0) is 16.0 Å². The molecule has 4 atom stereocenters. The van der Waals surface area contributed by atoms with E-state index in [0.717, 1.165) is 37.1 Å². The number of aliphatic carboxylic acids is 1. The number of fused-ring (bicyclic) bond motifs is 5. The van der Waals surface area contributed by atoms with Gasteiger partial charge in [0.2, 0.25) is 0 Å². The van der Waals surface area contributed by atoms with E-state index < -0.39 is 5.97 Å². The highest BCUT2D eigenvalue weighted by Crippen LogP contribution is 2.49. The molecular weight excluding hydrogens is 357 g/mol. The van der Waals surface area contributed by atoms with E-state index in [1.807, 2.05) is 6.07 Å². The summed E-state index contributed by atoms with van der Waals surface area (Å²) in [6.45, 7) is 2.13. The van der Waals surface area contributed by atoms with Gasteiger partial charge in [-0.05, 0) is 60.2 Å². The van der Waals surface area contributed by atoms with E-state index in [-0.39, 0.29) is 29.9 Å². The standard InChI is InChI=1S/C23H24FNO3/c24-17-6-5-15-9-14-3-1-2-4-19(14)21-11-18(28-22(21)20(15)10-17)13-25-8-7-16(12-25)23(26)27/h1-6,10,16,18,21-22H,7-9,11-13H2,(H,26,27)/t16?,18-,21-,22+/m1/s1. The van der Waals surface area contributed by atoms with Gasteiger partial charge in [0.15, 0.2) is 0 Å². The topological polar surface area (TPSA) is 49.8 Å². The van der Waals surface area contributed by atoms with Crippen LogP contribution in [0.5, 0.6) is 0 Å². The summed E-state index contributed by atoms with van der Waals surface area (Å²) >= 11 is 0. The van der Waals surface area contributed by atoms with Crippen LogP contribution in [0.15, 0.2) is 42.5 Å². The second kappa shape index (κ2) is 6.98. The van der Waals surface area contributed by atoms with Crippen LogP contribution in [-0.4, -0.2) is 41.7 Å². The van der Waals surface area contributed by atoms with Gasteiger partial charge in [-0.2, -0.15) is 0 Å². The Morgan fingerprint density at radius 3 is 2.82 bits per heavy atom. The second-order valence-corrected chi connectivity index (χ2v) is 8.32. The van der Waals surface area contributed by atoms with Gasteiger partial charge in [0.1, 0.15) is 5.82 Å². The third-order valence-corrected chi connectivity index (χ3v) is 6.55. The molecule has 146 valence electrons. The van der Waals surface area contributed by atoms with Crippen LogP contribution in [0, 0.1) is 11.7 Å². The lowest BCUT2D eigenvalue weighted by Crippen LogP contribution is -2.31. The predicted molar refractivity (Wildman–Crippen MR) is 103 cm³/mol. The number of carboxylic acid groups (broad SMARTS) is 1. The zero-order valence-electron chi connectivity index (χ0n) is 15.7. The van der Waals surface area contributed by atoms with Gasteiger partial charge >= 0.3 is 5.97 Å². The van der Waals surface area contributed by atoms with E-state index >= 15 is 0 Å². The molecule has 2 aromatic carbocycles. The fourth-order valence-corrected chi connectivity index (χ4v) is 5.20. The first-order chi connectivity index (χ1) is 13.6. The lowest BCUT2D eigenvalue weighted by atomic mass is 9.87. The monoisotopic (exact) mass is 381 g/mol. The van der Waals surface area contributed by atoms with Crippen molar-refractivity contribution in [2.24, 2.45) is 5.92 Å². The zero-order chi connectivity index (χ0) is 19.3. The third-order valence-electron chi connectivity index (χ3n) is 6.55. The molecule has 4 nitrogen and oxygen atoms in total. The maximum absolute atomic E-state index is 14.0. The van der Waals surface area contributed by atoms with E-state index in [1.165, 1.54) is 17.2 Å². The largest absolute Gasteiger partial charge is 0.481 e. The normalized spacial score (nSPS) is 29.0. The molecular formula is C23H24FNO3. The van der Waals surface area contributed by atoms with Crippen molar-refractivity contribution in [3.05, 3.63) is 70.5 Å². The van der Waals surface area contributed by atoms with E-state index in [4.69, 9.17) is 4.74 Å². The summed E-state index contributed by atoms with van der Waals surface area (Å²) < 4.78 is 20.5. The number of rotatable bonds is 3. The number of hydrogen-bond acceptors (Lipinski definition) is 3. The van der Waals surface area contributed by atoms with Crippen molar-refractivity contribution in [3.8, 4) is 0 Å². The molecule has 1 N–H and O–H groups in total. The molecule has 5 heteroatoms. The highest BCUT2D eigenvalue weighted by Gasteiger charge is 2.42. The van der Waals surface area contributed by atoms with Crippen molar-refractivity contribution in [1.82, 2.24) is 4.90 Å². The predicted octanol–water partition coefficient (Wildman–Crippen LogP) is 3.75. The number of halogens is 1. The first-order valence-corrected chi connectivity index (χ1v) is 10.0. The van der Waals surface area contributed by atoms with E-state index in [9.17, 15) is 14.3 Å². The fourth-order valence-electron chi connectivity index (χ4n) is 5.20. The molecule has 2 fully saturated rings. The summed E-state index contributed by atoms with van der Waals surface area (Å²) in [5.74, 6) is -0.998. The molecule has 1 unspecified atom stereocenters. The molecule has 5 rings (SSSR count). The Labute approximate surface area is 163 Å². The lowest BCUT2D eigenvalue weighted by Gasteiger charge is -2.21. The molecule has 0 aromatic heterocycles. The zero-order valence-corrected chi connectivity index (χ0v) is 15.7. The molecule has 2 saturated heterocycles. The Balaban J connectivity index is 1.43. The fraction of sp³-hybridized carbons (Fsp3) is 0.435. The van der Waals surface area contributed by atoms with Gasteiger partial charge in [0, 0.05) is 19.0 Å². The molecule has 0 spiro atoms. The highest BCUT2D eigenvalue weighted by atomic mass is 19.1. The molecule has 0 saturated carbocycles. The van der Waals surface area contributed by atoms with Crippen LogP contribution in [0.3, 0.4) is 0 Å². The Bertz CT molecular complexity index is 914. The molecule has 2 aliphatic heterocycles. The van der Waals surface area contributed by atoms with Crippen LogP contribution >= 0.6 is 0 Å². The van der Waals surface area contributed by atoms with Crippen LogP contribution in [0.4, 0.5) is 4.39 Å². The number of hydrogen-bond donors (Lipinski definition) is 1. The summed E-state index contributed by atoms with van der Waals surface area (Å²) in [6, 6.07) is 13.5. The molecule has 1 aliphatic carbocycles. The van der Waals surface area contributed by atoms with Crippen LogP contribution < -0.4 is 0 Å².